The van der Waals surface area contributed by atoms with Gasteiger partial charge in [-0.25, -0.2) is 4.98 Å². The number of carbonyl (C=O) groups is 1. The maximum Gasteiger partial charge on any atom is 0.313 e. The molecule has 0 spiro atoms. The molecule has 1 aliphatic rings. The fourth-order valence-electron chi connectivity index (χ4n) is 2.84. The van der Waals surface area contributed by atoms with Crippen molar-refractivity contribution in [3.8, 4) is 6.07 Å². The van der Waals surface area contributed by atoms with Gasteiger partial charge in [0.15, 0.2) is 5.16 Å². The van der Waals surface area contributed by atoms with Crippen LogP contribution in [0.4, 0.5) is 0 Å². The highest BCUT2D eigenvalue weighted by molar-refractivity contribution is 7.99. The van der Waals surface area contributed by atoms with Crippen LogP contribution >= 0.6 is 11.8 Å². The molecule has 1 aromatic heterocycles. The van der Waals surface area contributed by atoms with Gasteiger partial charge >= 0.3 is 5.97 Å². The fourth-order valence-corrected chi connectivity index (χ4v) is 3.63. The van der Waals surface area contributed by atoms with Crippen LogP contribution in [-0.4, -0.2) is 26.4 Å². The van der Waals surface area contributed by atoms with Crippen molar-refractivity contribution in [3.05, 3.63) is 23.8 Å². The number of nitriles is 1. The number of benzene rings is 1. The van der Waals surface area contributed by atoms with Crippen LogP contribution in [0.15, 0.2) is 23.4 Å². The molecular formula is C15H15N3O2S. The molecule has 5 nitrogen and oxygen atoms in total. The first kappa shape index (κ1) is 14.0. The Morgan fingerprint density at radius 1 is 1.57 bits per heavy atom. The molecule has 0 aliphatic heterocycles. The van der Waals surface area contributed by atoms with E-state index < -0.39 is 5.97 Å². The molecule has 21 heavy (non-hydrogen) atoms. The third kappa shape index (κ3) is 2.49. The summed E-state index contributed by atoms with van der Waals surface area (Å²) in [6, 6.07) is 8.07. The summed E-state index contributed by atoms with van der Waals surface area (Å²) in [4.78, 5) is 15.3. The highest BCUT2D eigenvalue weighted by Crippen LogP contribution is 2.42. The number of aliphatic carboxylic acids is 1. The van der Waals surface area contributed by atoms with Gasteiger partial charge in [0.05, 0.1) is 16.8 Å². The minimum atomic E-state index is -0.860. The second-order valence-corrected chi connectivity index (χ2v) is 6.40. The van der Waals surface area contributed by atoms with Gasteiger partial charge in [-0.1, -0.05) is 24.8 Å². The molecule has 0 amide bonds. The third-order valence-electron chi connectivity index (χ3n) is 3.85. The second kappa shape index (κ2) is 5.41. The molecule has 2 aromatic rings. The van der Waals surface area contributed by atoms with Crippen molar-refractivity contribution in [2.24, 2.45) is 5.92 Å². The zero-order chi connectivity index (χ0) is 15.0. The largest absolute Gasteiger partial charge is 0.481 e. The molecule has 1 aromatic carbocycles. The van der Waals surface area contributed by atoms with Crippen LogP contribution in [0.5, 0.6) is 0 Å². The fraction of sp³-hybridized carbons (Fsp3) is 0.400. The Labute approximate surface area is 126 Å². The molecule has 1 N–H and O–H groups in total. The minimum absolute atomic E-state index is 0.0204. The van der Waals surface area contributed by atoms with Gasteiger partial charge in [-0.2, -0.15) is 5.26 Å². The van der Waals surface area contributed by atoms with E-state index in [-0.39, 0.29) is 5.75 Å². The van der Waals surface area contributed by atoms with E-state index in [1.807, 2.05) is 12.1 Å². The lowest BCUT2D eigenvalue weighted by molar-refractivity contribution is -0.133. The van der Waals surface area contributed by atoms with Crippen molar-refractivity contribution in [1.29, 1.82) is 5.26 Å². The van der Waals surface area contributed by atoms with Crippen LogP contribution in [0.3, 0.4) is 0 Å². The number of imidazole rings is 1. The number of hydrogen-bond donors (Lipinski definition) is 1. The van der Waals surface area contributed by atoms with E-state index in [9.17, 15) is 10.1 Å². The zero-order valence-corrected chi connectivity index (χ0v) is 12.4. The summed E-state index contributed by atoms with van der Waals surface area (Å²) in [7, 11) is 0. The van der Waals surface area contributed by atoms with Gasteiger partial charge in [0, 0.05) is 6.04 Å². The molecule has 0 radical (unpaired) electrons. The van der Waals surface area contributed by atoms with Gasteiger partial charge in [0.1, 0.15) is 11.6 Å². The molecule has 6 heteroatoms. The number of thioether (sulfide) groups is 1. The molecule has 0 saturated heterocycles. The topological polar surface area (TPSA) is 78.9 Å². The van der Waals surface area contributed by atoms with Crippen molar-refractivity contribution in [2.45, 2.75) is 31.0 Å². The number of nitrogens with zero attached hydrogens (tertiary/aromatic N) is 3. The van der Waals surface area contributed by atoms with E-state index in [4.69, 9.17) is 5.11 Å². The summed E-state index contributed by atoms with van der Waals surface area (Å²) in [6.45, 7) is 2.21. The molecule has 1 fully saturated rings. The number of carboxylic acids is 1. The standard InChI is InChI=1S/C15H15N3O2S/c1-9-5-11(6-9)18-12-4-2-3-10(7-16)14(12)17-15(18)21-8-13(19)20/h2-4,9,11H,5-6,8H2,1H3,(H,19,20). The van der Waals surface area contributed by atoms with Crippen molar-refractivity contribution < 1.29 is 9.90 Å². The van der Waals surface area contributed by atoms with Gasteiger partial charge in [-0.15, -0.1) is 0 Å². The van der Waals surface area contributed by atoms with Gasteiger partial charge in [-0.05, 0) is 30.9 Å². The first-order chi connectivity index (χ1) is 10.1. The average Bonchev–Trinajstić information content (AvgIpc) is 2.79. The van der Waals surface area contributed by atoms with Gasteiger partial charge in [0.25, 0.3) is 0 Å². The van der Waals surface area contributed by atoms with E-state index in [1.54, 1.807) is 6.07 Å². The number of fused-ring (bicyclic) bond motifs is 1. The molecule has 1 saturated carbocycles. The molecule has 1 heterocycles. The SMILES string of the molecule is CC1CC(n2c(SCC(=O)O)nc3c(C#N)cccc32)C1. The maximum atomic E-state index is 10.8. The van der Waals surface area contributed by atoms with Crippen LogP contribution in [0, 0.1) is 17.2 Å². The molecule has 1 aliphatic carbocycles. The molecular weight excluding hydrogens is 286 g/mol. The van der Waals surface area contributed by atoms with Gasteiger partial charge < -0.3 is 9.67 Å². The molecule has 108 valence electrons. The Morgan fingerprint density at radius 3 is 2.95 bits per heavy atom. The first-order valence-corrected chi connectivity index (χ1v) is 7.84. The lowest BCUT2D eigenvalue weighted by atomic mass is 9.81. The molecule has 0 bridgehead atoms. The highest BCUT2D eigenvalue weighted by atomic mass is 32.2. The predicted octanol–water partition coefficient (Wildman–Crippen LogP) is 3.06. The molecule has 0 atom stereocenters. The predicted molar refractivity (Wildman–Crippen MR) is 80.2 cm³/mol. The molecule has 0 unspecified atom stereocenters. The number of rotatable bonds is 4. The average molecular weight is 301 g/mol. The summed E-state index contributed by atoms with van der Waals surface area (Å²) >= 11 is 1.22. The van der Waals surface area contributed by atoms with E-state index in [0.717, 1.165) is 18.4 Å². The molecule has 3 rings (SSSR count). The summed E-state index contributed by atoms with van der Waals surface area (Å²) in [5.41, 5.74) is 2.14. The maximum absolute atomic E-state index is 10.8. The quantitative estimate of drug-likeness (QED) is 0.878. The summed E-state index contributed by atoms with van der Waals surface area (Å²) in [5.74, 6) is -0.196. The van der Waals surface area contributed by atoms with Crippen molar-refractivity contribution >= 4 is 28.8 Å². The summed E-state index contributed by atoms with van der Waals surface area (Å²) in [5, 5.41) is 18.8. The lowest BCUT2D eigenvalue weighted by Crippen LogP contribution is -2.25. The lowest BCUT2D eigenvalue weighted by Gasteiger charge is -2.35. The minimum Gasteiger partial charge on any atom is -0.481 e. The van der Waals surface area contributed by atoms with Crippen LogP contribution in [-0.2, 0) is 4.79 Å². The van der Waals surface area contributed by atoms with Crippen LogP contribution in [0.2, 0.25) is 0 Å². The number of para-hydroxylation sites is 1. The summed E-state index contributed by atoms with van der Waals surface area (Å²) < 4.78 is 2.11. The van der Waals surface area contributed by atoms with Crippen molar-refractivity contribution in [2.75, 3.05) is 5.75 Å². The van der Waals surface area contributed by atoms with E-state index in [0.29, 0.717) is 28.2 Å². The van der Waals surface area contributed by atoms with Crippen LogP contribution in [0.25, 0.3) is 11.0 Å². The van der Waals surface area contributed by atoms with E-state index in [2.05, 4.69) is 22.5 Å². The number of aromatic nitrogens is 2. The van der Waals surface area contributed by atoms with Crippen LogP contribution < -0.4 is 0 Å². The number of carboxylic acid groups (broad SMARTS) is 1. The second-order valence-electron chi connectivity index (χ2n) is 5.46. The zero-order valence-electron chi connectivity index (χ0n) is 11.6. The Kier molecular flexibility index (Phi) is 3.60. The smallest absolute Gasteiger partial charge is 0.313 e. The van der Waals surface area contributed by atoms with Crippen LogP contribution in [0.1, 0.15) is 31.4 Å². The Morgan fingerprint density at radius 2 is 2.33 bits per heavy atom. The van der Waals surface area contributed by atoms with E-state index in [1.165, 1.54) is 11.8 Å². The normalized spacial score (nSPS) is 21.0. The van der Waals surface area contributed by atoms with Gasteiger partial charge in [-0.3, -0.25) is 4.79 Å². The third-order valence-corrected chi connectivity index (χ3v) is 4.78. The van der Waals surface area contributed by atoms with E-state index >= 15 is 0 Å². The van der Waals surface area contributed by atoms with Gasteiger partial charge in [0.2, 0.25) is 0 Å². The Balaban J connectivity index is 2.09. The van der Waals surface area contributed by atoms with Crippen molar-refractivity contribution in [3.63, 3.8) is 0 Å². The summed E-state index contributed by atoms with van der Waals surface area (Å²) in [6.07, 6.45) is 2.14. The monoisotopic (exact) mass is 301 g/mol. The number of hydrogen-bond acceptors (Lipinski definition) is 4. The Hall–Kier alpha value is -2.00. The Bertz CT molecular complexity index is 741. The first-order valence-electron chi connectivity index (χ1n) is 6.85. The highest BCUT2D eigenvalue weighted by Gasteiger charge is 2.30. The van der Waals surface area contributed by atoms with Crippen molar-refractivity contribution in [1.82, 2.24) is 9.55 Å².